The van der Waals surface area contributed by atoms with Crippen LogP contribution in [0.3, 0.4) is 0 Å². The van der Waals surface area contributed by atoms with Crippen molar-refractivity contribution in [2.45, 2.75) is 77.6 Å². The molecule has 0 nitrogen and oxygen atoms in total. The molecule has 4 rings (SSSR count). The average Bonchev–Trinajstić information content (AvgIpc) is 2.82. The van der Waals surface area contributed by atoms with Gasteiger partial charge in [0, 0.05) is 11.1 Å². The predicted molar refractivity (Wildman–Crippen MR) is 135 cm³/mol. The first kappa shape index (κ1) is 21.7. The Morgan fingerprint density at radius 3 is 2.13 bits per heavy atom. The van der Waals surface area contributed by atoms with Crippen molar-refractivity contribution in [3.8, 4) is 11.8 Å². The fourth-order valence-corrected chi connectivity index (χ4v) is 5.08. The summed E-state index contributed by atoms with van der Waals surface area (Å²) >= 11 is 0. The summed E-state index contributed by atoms with van der Waals surface area (Å²) < 4.78 is 0. The van der Waals surface area contributed by atoms with E-state index in [-0.39, 0.29) is 0 Å². The van der Waals surface area contributed by atoms with E-state index in [9.17, 15) is 0 Å². The fourth-order valence-electron chi connectivity index (χ4n) is 5.08. The minimum absolute atomic E-state index is 0.748. The zero-order valence-corrected chi connectivity index (χ0v) is 19.3. The highest BCUT2D eigenvalue weighted by atomic mass is 14.3. The molecule has 1 aliphatic rings. The van der Waals surface area contributed by atoms with Gasteiger partial charge >= 0.3 is 0 Å². The van der Waals surface area contributed by atoms with Gasteiger partial charge in [-0.25, -0.2) is 0 Å². The third-order valence-electron chi connectivity index (χ3n) is 6.99. The Labute approximate surface area is 189 Å². The van der Waals surface area contributed by atoms with E-state index < -0.39 is 0 Å². The fraction of sp³-hybridized carbons (Fsp3) is 0.419. The number of aryl methyl sites for hydroxylation is 1. The van der Waals surface area contributed by atoms with Crippen molar-refractivity contribution in [1.82, 2.24) is 0 Å². The number of fused-ring (bicyclic) bond motifs is 1. The monoisotopic (exact) mass is 408 g/mol. The van der Waals surface area contributed by atoms with Crippen LogP contribution in [-0.4, -0.2) is 0 Å². The van der Waals surface area contributed by atoms with Crippen molar-refractivity contribution < 1.29 is 0 Å². The van der Waals surface area contributed by atoms with Gasteiger partial charge in [-0.2, -0.15) is 0 Å². The van der Waals surface area contributed by atoms with Gasteiger partial charge < -0.3 is 0 Å². The zero-order chi connectivity index (χ0) is 21.5. The van der Waals surface area contributed by atoms with Crippen LogP contribution in [0.25, 0.3) is 10.8 Å². The molecular weight excluding hydrogens is 372 g/mol. The Kier molecular flexibility index (Phi) is 7.48. The molecule has 0 saturated heterocycles. The van der Waals surface area contributed by atoms with Crippen molar-refractivity contribution >= 4 is 10.8 Å². The second kappa shape index (κ2) is 10.7. The highest BCUT2D eigenvalue weighted by Gasteiger charge is 2.21. The van der Waals surface area contributed by atoms with Crippen LogP contribution >= 0.6 is 0 Å². The zero-order valence-electron chi connectivity index (χ0n) is 19.3. The molecule has 1 fully saturated rings. The Morgan fingerprint density at radius 1 is 0.710 bits per heavy atom. The molecule has 3 aromatic rings. The molecule has 0 aromatic heterocycles. The van der Waals surface area contributed by atoms with Crippen LogP contribution in [0.2, 0.25) is 0 Å². The maximum absolute atomic E-state index is 3.37. The molecule has 0 spiro atoms. The van der Waals surface area contributed by atoms with Crippen LogP contribution in [0.4, 0.5) is 0 Å². The molecule has 1 saturated carbocycles. The lowest BCUT2D eigenvalue weighted by Gasteiger charge is -2.28. The number of unbranched alkanes of at least 4 members (excludes halogenated alkanes) is 1. The third kappa shape index (κ3) is 5.80. The van der Waals surface area contributed by atoms with Gasteiger partial charge in [0.1, 0.15) is 0 Å². The van der Waals surface area contributed by atoms with Crippen molar-refractivity contribution in [1.29, 1.82) is 0 Å². The lowest BCUT2D eigenvalue weighted by Crippen LogP contribution is -2.13. The Balaban J connectivity index is 1.39. The van der Waals surface area contributed by atoms with Gasteiger partial charge in [0.05, 0.1) is 0 Å². The van der Waals surface area contributed by atoms with E-state index in [1.165, 1.54) is 73.3 Å². The van der Waals surface area contributed by atoms with Crippen LogP contribution in [0.1, 0.15) is 93.4 Å². The van der Waals surface area contributed by atoms with E-state index in [1.807, 2.05) is 0 Å². The normalized spacial score (nSPS) is 18.5. The van der Waals surface area contributed by atoms with Crippen LogP contribution in [0.5, 0.6) is 0 Å². The molecule has 0 N–H and O–H groups in total. The summed E-state index contributed by atoms with van der Waals surface area (Å²) in [5.74, 6) is 8.46. The average molecular weight is 409 g/mol. The molecule has 0 unspecified atom stereocenters. The molecule has 0 aliphatic heterocycles. The maximum Gasteiger partial charge on any atom is 0.0255 e. The van der Waals surface area contributed by atoms with Crippen molar-refractivity contribution in [3.63, 3.8) is 0 Å². The van der Waals surface area contributed by atoms with Gasteiger partial charge in [0.2, 0.25) is 0 Å². The van der Waals surface area contributed by atoms with Crippen LogP contribution in [0, 0.1) is 17.8 Å². The molecule has 3 aromatic carbocycles. The molecule has 0 radical (unpaired) electrons. The summed E-state index contributed by atoms with van der Waals surface area (Å²) in [5.41, 5.74) is 5.13. The summed E-state index contributed by atoms with van der Waals surface area (Å²) in [5, 5.41) is 2.59. The smallest absolute Gasteiger partial charge is 0.0255 e. The van der Waals surface area contributed by atoms with Gasteiger partial charge in [0.15, 0.2) is 0 Å². The minimum atomic E-state index is 0.748. The van der Waals surface area contributed by atoms with Crippen molar-refractivity contribution in [3.05, 3.63) is 82.9 Å². The summed E-state index contributed by atoms with van der Waals surface area (Å²) in [6, 6.07) is 22.4. The quantitative estimate of drug-likeness (QED) is 0.358. The largest absolute Gasteiger partial charge is 0.0654 e. The molecular formula is C31H36. The summed E-state index contributed by atoms with van der Waals surface area (Å²) in [4.78, 5) is 0. The Hall–Kier alpha value is -2.52. The van der Waals surface area contributed by atoms with E-state index in [0.717, 1.165) is 29.4 Å². The second-order valence-electron chi connectivity index (χ2n) is 9.38. The maximum atomic E-state index is 3.37. The standard InChI is InChI=1S/C31H36/c1-3-5-7-24-10-16-28(17-11-24)29-18-12-25(13-19-29)8-9-27-15-21-30-22-26(6-4-2)14-20-31(30)23-27/h12-15,18-24,28H,3-7,10-11,16-17H2,1-2H3/t24-,28-. The highest BCUT2D eigenvalue weighted by Crippen LogP contribution is 2.37. The van der Waals surface area contributed by atoms with E-state index >= 15 is 0 Å². The van der Waals surface area contributed by atoms with Crippen LogP contribution in [-0.2, 0) is 6.42 Å². The predicted octanol–water partition coefficient (Wildman–Crippen LogP) is 8.66. The van der Waals surface area contributed by atoms with E-state index in [4.69, 9.17) is 0 Å². The van der Waals surface area contributed by atoms with Gasteiger partial charge in [-0.3, -0.25) is 0 Å². The lowest BCUT2D eigenvalue weighted by molar-refractivity contribution is 0.304. The molecule has 0 heteroatoms. The second-order valence-corrected chi connectivity index (χ2v) is 9.38. The molecule has 31 heavy (non-hydrogen) atoms. The van der Waals surface area contributed by atoms with E-state index in [0.29, 0.717) is 0 Å². The number of hydrogen-bond acceptors (Lipinski definition) is 0. The van der Waals surface area contributed by atoms with E-state index in [2.05, 4.69) is 86.4 Å². The van der Waals surface area contributed by atoms with Crippen molar-refractivity contribution in [2.75, 3.05) is 0 Å². The molecule has 0 atom stereocenters. The number of benzene rings is 3. The van der Waals surface area contributed by atoms with E-state index in [1.54, 1.807) is 0 Å². The first-order valence-corrected chi connectivity index (χ1v) is 12.4. The molecule has 0 bridgehead atoms. The summed E-state index contributed by atoms with van der Waals surface area (Å²) in [7, 11) is 0. The van der Waals surface area contributed by atoms with Crippen LogP contribution in [0.15, 0.2) is 60.7 Å². The van der Waals surface area contributed by atoms with Crippen molar-refractivity contribution in [2.24, 2.45) is 5.92 Å². The lowest BCUT2D eigenvalue weighted by atomic mass is 9.77. The third-order valence-corrected chi connectivity index (χ3v) is 6.99. The number of rotatable bonds is 6. The first-order valence-electron chi connectivity index (χ1n) is 12.4. The summed E-state index contributed by atoms with van der Waals surface area (Å²) in [6.07, 6.45) is 12.0. The van der Waals surface area contributed by atoms with Crippen LogP contribution < -0.4 is 0 Å². The molecule has 1 aliphatic carbocycles. The Morgan fingerprint density at radius 2 is 1.39 bits per heavy atom. The number of hydrogen-bond donors (Lipinski definition) is 0. The SMILES string of the molecule is CCCC[C@H]1CC[C@H](c2ccc(C#Cc3ccc4cc(CCC)ccc4c3)cc2)CC1. The highest BCUT2D eigenvalue weighted by molar-refractivity contribution is 5.84. The first-order chi connectivity index (χ1) is 15.2. The minimum Gasteiger partial charge on any atom is -0.0654 e. The van der Waals surface area contributed by atoms with Gasteiger partial charge in [-0.15, -0.1) is 0 Å². The van der Waals surface area contributed by atoms with Gasteiger partial charge in [-0.1, -0.05) is 87.8 Å². The molecule has 0 amide bonds. The Bertz CT molecular complexity index is 1040. The topological polar surface area (TPSA) is 0 Å². The molecule has 160 valence electrons. The van der Waals surface area contributed by atoms with Gasteiger partial charge in [0.25, 0.3) is 0 Å². The molecule has 0 heterocycles. The summed E-state index contributed by atoms with van der Waals surface area (Å²) in [6.45, 7) is 4.54. The van der Waals surface area contributed by atoms with Gasteiger partial charge in [-0.05, 0) is 90.1 Å².